The Balaban J connectivity index is 1.74. The highest BCUT2D eigenvalue weighted by Crippen LogP contribution is 2.41. The number of pyridine rings is 1. The lowest BCUT2D eigenvalue weighted by Gasteiger charge is -2.12. The molecule has 0 aliphatic heterocycles. The Labute approximate surface area is 129 Å². The second kappa shape index (κ2) is 4.35. The molecule has 22 heavy (non-hydrogen) atoms. The Kier molecular flexibility index (Phi) is 2.43. The third-order valence-electron chi connectivity index (χ3n) is 5.17. The minimum absolute atomic E-state index is 0.651. The molecule has 0 radical (unpaired) electrons. The number of nitrogens with zero attached hydrogens (tertiary/aromatic N) is 2. The van der Waals surface area contributed by atoms with Gasteiger partial charge in [-0.3, -0.25) is 0 Å². The van der Waals surface area contributed by atoms with Gasteiger partial charge in [-0.2, -0.15) is 0 Å². The second-order valence-corrected chi connectivity index (χ2v) is 6.57. The zero-order valence-corrected chi connectivity index (χ0v) is 12.5. The van der Waals surface area contributed by atoms with E-state index in [9.17, 15) is 0 Å². The maximum absolute atomic E-state index is 6.51. The molecule has 0 atom stereocenters. The number of nitrogen functional groups attached to an aromatic ring is 1. The van der Waals surface area contributed by atoms with Crippen LogP contribution in [0.1, 0.15) is 36.4 Å². The summed E-state index contributed by atoms with van der Waals surface area (Å²) in [6.07, 6.45) is 10.2. The lowest BCUT2D eigenvalue weighted by Crippen LogP contribution is -1.98. The first-order valence-electron chi connectivity index (χ1n) is 8.19. The topological polar surface area (TPSA) is 43.8 Å². The molecule has 2 N–H and O–H groups in total. The van der Waals surface area contributed by atoms with Gasteiger partial charge in [0.25, 0.3) is 0 Å². The molecule has 2 heterocycles. The van der Waals surface area contributed by atoms with Crippen molar-refractivity contribution in [3.05, 3.63) is 47.8 Å². The van der Waals surface area contributed by atoms with Gasteiger partial charge in [-0.05, 0) is 60.9 Å². The van der Waals surface area contributed by atoms with E-state index in [1.165, 1.54) is 53.3 Å². The molecule has 5 rings (SSSR count). The van der Waals surface area contributed by atoms with Crippen LogP contribution in [0.4, 0.5) is 5.69 Å². The Bertz CT molecular complexity index is 887. The molecule has 0 spiro atoms. The highest BCUT2D eigenvalue weighted by Gasteiger charge is 2.26. The van der Waals surface area contributed by atoms with E-state index < -0.39 is 0 Å². The molecule has 1 aromatic carbocycles. The summed E-state index contributed by atoms with van der Waals surface area (Å²) in [6.45, 7) is 0. The third-order valence-corrected chi connectivity index (χ3v) is 5.17. The first kappa shape index (κ1) is 12.3. The third kappa shape index (κ3) is 1.65. The average molecular weight is 289 g/mol. The highest BCUT2D eigenvalue weighted by atomic mass is 15.1. The maximum Gasteiger partial charge on any atom is 0.140 e. The fraction of sp³-hybridized carbons (Fsp3) is 0.316. The van der Waals surface area contributed by atoms with Crippen LogP contribution in [0.15, 0.2) is 36.7 Å². The van der Waals surface area contributed by atoms with Gasteiger partial charge in [-0.1, -0.05) is 12.1 Å². The van der Waals surface area contributed by atoms with E-state index in [0.29, 0.717) is 6.04 Å². The number of benzene rings is 1. The number of hydrogen-bond acceptors (Lipinski definition) is 2. The van der Waals surface area contributed by atoms with Crippen molar-refractivity contribution in [2.24, 2.45) is 0 Å². The minimum atomic E-state index is 0.651. The van der Waals surface area contributed by atoms with E-state index in [4.69, 9.17) is 5.73 Å². The van der Waals surface area contributed by atoms with Crippen LogP contribution in [0.5, 0.6) is 0 Å². The van der Waals surface area contributed by atoms with Crippen LogP contribution < -0.4 is 5.73 Å². The van der Waals surface area contributed by atoms with E-state index in [1.54, 1.807) is 0 Å². The van der Waals surface area contributed by atoms with Crippen LogP contribution in [0.2, 0.25) is 0 Å². The van der Waals surface area contributed by atoms with Gasteiger partial charge >= 0.3 is 0 Å². The van der Waals surface area contributed by atoms with Gasteiger partial charge in [-0.25, -0.2) is 4.98 Å². The maximum atomic E-state index is 6.51. The summed E-state index contributed by atoms with van der Waals surface area (Å²) in [4.78, 5) is 4.61. The van der Waals surface area contributed by atoms with E-state index >= 15 is 0 Å². The molecule has 1 fully saturated rings. The number of aromatic nitrogens is 2. The van der Waals surface area contributed by atoms with Crippen LogP contribution in [-0.4, -0.2) is 9.55 Å². The first-order valence-corrected chi connectivity index (χ1v) is 8.19. The van der Waals surface area contributed by atoms with Crippen molar-refractivity contribution in [1.82, 2.24) is 9.55 Å². The van der Waals surface area contributed by atoms with Crippen LogP contribution in [0, 0.1) is 0 Å². The normalized spacial score (nSPS) is 17.1. The molecule has 2 aromatic heterocycles. The van der Waals surface area contributed by atoms with Gasteiger partial charge in [-0.15, -0.1) is 0 Å². The SMILES string of the molecule is Nc1c(-c2ccnc3c2ccn3C2CC2)ccc2c1CCC2. The fourth-order valence-corrected chi connectivity index (χ4v) is 3.87. The molecule has 0 unspecified atom stereocenters. The Hall–Kier alpha value is -2.29. The summed E-state index contributed by atoms with van der Waals surface area (Å²) in [5.74, 6) is 0. The molecule has 2 aliphatic carbocycles. The lowest BCUT2D eigenvalue weighted by molar-refractivity contribution is 0.766. The Morgan fingerprint density at radius 3 is 2.82 bits per heavy atom. The van der Waals surface area contributed by atoms with Gasteiger partial charge in [0.1, 0.15) is 5.65 Å². The molecule has 3 nitrogen and oxygen atoms in total. The van der Waals surface area contributed by atoms with Gasteiger partial charge < -0.3 is 10.3 Å². The van der Waals surface area contributed by atoms with Crippen molar-refractivity contribution in [2.45, 2.75) is 38.1 Å². The van der Waals surface area contributed by atoms with Crippen molar-refractivity contribution in [3.8, 4) is 11.1 Å². The van der Waals surface area contributed by atoms with E-state index in [-0.39, 0.29) is 0 Å². The highest BCUT2D eigenvalue weighted by molar-refractivity contribution is 5.97. The van der Waals surface area contributed by atoms with E-state index in [0.717, 1.165) is 17.8 Å². The fourth-order valence-electron chi connectivity index (χ4n) is 3.87. The van der Waals surface area contributed by atoms with E-state index in [1.807, 2.05) is 6.20 Å². The van der Waals surface area contributed by atoms with Gasteiger partial charge in [0.2, 0.25) is 0 Å². The van der Waals surface area contributed by atoms with Crippen LogP contribution in [-0.2, 0) is 12.8 Å². The molecule has 0 saturated heterocycles. The van der Waals surface area contributed by atoms with Gasteiger partial charge in [0, 0.05) is 35.1 Å². The Morgan fingerprint density at radius 2 is 1.95 bits per heavy atom. The van der Waals surface area contributed by atoms with Crippen molar-refractivity contribution in [2.75, 3.05) is 5.73 Å². The van der Waals surface area contributed by atoms with E-state index in [2.05, 4.69) is 40.0 Å². The summed E-state index contributed by atoms with van der Waals surface area (Å²) < 4.78 is 2.32. The number of rotatable bonds is 2. The van der Waals surface area contributed by atoms with Crippen molar-refractivity contribution in [1.29, 1.82) is 0 Å². The number of aryl methyl sites for hydroxylation is 1. The zero-order chi connectivity index (χ0) is 14.7. The lowest BCUT2D eigenvalue weighted by atomic mass is 9.97. The summed E-state index contributed by atoms with van der Waals surface area (Å²) in [5.41, 5.74) is 13.8. The molecule has 3 heteroatoms. The van der Waals surface area contributed by atoms with Crippen LogP contribution >= 0.6 is 0 Å². The molecular formula is C19H19N3. The van der Waals surface area contributed by atoms with Gasteiger partial charge in [0.15, 0.2) is 0 Å². The second-order valence-electron chi connectivity index (χ2n) is 6.57. The number of nitrogens with two attached hydrogens (primary N) is 1. The molecule has 2 aliphatic rings. The molecule has 0 bridgehead atoms. The minimum Gasteiger partial charge on any atom is -0.398 e. The number of hydrogen-bond donors (Lipinski definition) is 1. The number of fused-ring (bicyclic) bond motifs is 2. The number of anilines is 1. The quantitative estimate of drug-likeness (QED) is 0.721. The average Bonchev–Trinajstić information content (AvgIpc) is 3.10. The molecule has 3 aromatic rings. The van der Waals surface area contributed by atoms with Crippen LogP contribution in [0.25, 0.3) is 22.2 Å². The summed E-state index contributed by atoms with van der Waals surface area (Å²) in [6, 6.07) is 9.41. The summed E-state index contributed by atoms with van der Waals surface area (Å²) in [7, 11) is 0. The Morgan fingerprint density at radius 1 is 1.05 bits per heavy atom. The van der Waals surface area contributed by atoms with Crippen molar-refractivity contribution < 1.29 is 0 Å². The molecule has 110 valence electrons. The van der Waals surface area contributed by atoms with Gasteiger partial charge in [0.05, 0.1) is 0 Å². The zero-order valence-electron chi connectivity index (χ0n) is 12.5. The predicted octanol–water partition coefficient (Wildman–Crippen LogP) is 4.11. The summed E-state index contributed by atoms with van der Waals surface area (Å²) >= 11 is 0. The molecule has 1 saturated carbocycles. The van der Waals surface area contributed by atoms with Crippen LogP contribution in [0.3, 0.4) is 0 Å². The monoisotopic (exact) mass is 289 g/mol. The van der Waals surface area contributed by atoms with Crippen molar-refractivity contribution >= 4 is 16.7 Å². The standard InChI is InChI=1S/C19H19N3/c20-18-14-3-1-2-12(14)4-7-16(18)15-8-10-21-19-17(15)9-11-22(19)13-5-6-13/h4,7-11,13H,1-3,5-6,20H2. The molecule has 0 amide bonds. The predicted molar refractivity (Wildman–Crippen MR) is 89.9 cm³/mol. The summed E-state index contributed by atoms with van der Waals surface area (Å²) in [5, 5.41) is 1.22. The first-order chi connectivity index (χ1) is 10.8. The smallest absolute Gasteiger partial charge is 0.140 e. The molecular weight excluding hydrogens is 270 g/mol. The largest absolute Gasteiger partial charge is 0.398 e. The van der Waals surface area contributed by atoms with Crippen molar-refractivity contribution in [3.63, 3.8) is 0 Å².